The molecule has 0 aliphatic carbocycles. The van der Waals surface area contributed by atoms with Crippen molar-refractivity contribution >= 4 is 22.7 Å². The van der Waals surface area contributed by atoms with Crippen molar-refractivity contribution in [3.8, 4) is 0 Å². The highest BCUT2D eigenvalue weighted by Crippen LogP contribution is 2.39. The fourth-order valence-corrected chi connectivity index (χ4v) is 4.93. The van der Waals surface area contributed by atoms with E-state index in [2.05, 4.69) is 13.8 Å². The van der Waals surface area contributed by atoms with Gasteiger partial charge in [-0.1, -0.05) is 56.3 Å². The number of carbonyl (C=O) groups is 2. The lowest BCUT2D eigenvalue weighted by molar-refractivity contribution is -0.907. The van der Waals surface area contributed by atoms with Crippen LogP contribution < -0.4 is 10.0 Å². The second-order valence-corrected chi connectivity index (χ2v) is 9.56. The van der Waals surface area contributed by atoms with Crippen LogP contribution in [0.25, 0.3) is 11.0 Å². The van der Waals surface area contributed by atoms with Gasteiger partial charge in [-0.05, 0) is 34.9 Å². The third-order valence-electron chi connectivity index (χ3n) is 7.00. The van der Waals surface area contributed by atoms with E-state index >= 15 is 0 Å². The van der Waals surface area contributed by atoms with Crippen LogP contribution in [0.2, 0.25) is 0 Å². The largest absolute Gasteiger partial charge is 0.868 e. The quantitative estimate of drug-likeness (QED) is 0.528. The number of para-hydroxylation sites is 1. The number of ether oxygens (including phenoxy) is 1. The van der Waals surface area contributed by atoms with Crippen LogP contribution in [0.15, 0.2) is 70.3 Å². The highest BCUT2D eigenvalue weighted by atomic mass is 16.5. The number of nitrogens with zero attached hydrogens (tertiary/aromatic N) is 1. The summed E-state index contributed by atoms with van der Waals surface area (Å²) >= 11 is 0. The number of quaternary nitrogens is 1. The third-order valence-corrected chi connectivity index (χ3v) is 7.00. The van der Waals surface area contributed by atoms with Gasteiger partial charge in [-0.15, -0.1) is 0 Å². The van der Waals surface area contributed by atoms with Crippen LogP contribution in [0.3, 0.4) is 0 Å². The van der Waals surface area contributed by atoms with E-state index in [4.69, 9.17) is 9.15 Å². The van der Waals surface area contributed by atoms with Crippen LogP contribution in [-0.2, 0) is 9.53 Å². The second-order valence-electron chi connectivity index (χ2n) is 9.56. The van der Waals surface area contributed by atoms with Crippen molar-refractivity contribution in [3.63, 3.8) is 0 Å². The summed E-state index contributed by atoms with van der Waals surface area (Å²) in [4.78, 5) is 29.7. The maximum absolute atomic E-state index is 13.6. The second kappa shape index (κ2) is 9.68. The van der Waals surface area contributed by atoms with Crippen LogP contribution in [0, 0.1) is 0 Å². The average molecular weight is 475 g/mol. The fraction of sp³-hybridized carbons (Fsp3) is 0.357. The molecule has 7 heteroatoms. The number of carbonyl (C=O) groups excluding carboxylic acids is 2. The minimum atomic E-state index is -0.745. The molecule has 5 rings (SSSR count). The molecule has 35 heavy (non-hydrogen) atoms. The van der Waals surface area contributed by atoms with E-state index in [9.17, 15) is 14.7 Å². The van der Waals surface area contributed by atoms with Crippen molar-refractivity contribution in [2.45, 2.75) is 25.8 Å². The molecule has 1 amide bonds. The number of nitrogens with one attached hydrogen (secondary N) is 1. The van der Waals surface area contributed by atoms with Crippen LogP contribution >= 0.6 is 0 Å². The highest BCUT2D eigenvalue weighted by molar-refractivity contribution is 6.15. The number of hydrogen-bond acceptors (Lipinski definition) is 5. The van der Waals surface area contributed by atoms with Gasteiger partial charge >= 0.3 is 0 Å². The molecule has 182 valence electrons. The zero-order valence-electron chi connectivity index (χ0n) is 20.1. The first kappa shape index (κ1) is 23.3. The summed E-state index contributed by atoms with van der Waals surface area (Å²) in [5.41, 5.74) is 2.44. The summed E-state index contributed by atoms with van der Waals surface area (Å²) in [6, 6.07) is 16.1. The molecule has 0 spiro atoms. The lowest BCUT2D eigenvalue weighted by Gasteiger charge is -2.30. The Morgan fingerprint density at radius 3 is 2.51 bits per heavy atom. The molecule has 0 radical (unpaired) electrons. The summed E-state index contributed by atoms with van der Waals surface area (Å²) in [5, 5.41) is 14.0. The molecule has 1 saturated heterocycles. The standard InChI is InChI=1S/C28H30N2O5/c1-18(2)19-7-9-20(10-8-19)25-24(26(31)23-17-21-5-3-4-6-22(21)35-23)27(32)28(33)30(25)12-11-29-13-15-34-16-14-29/h3-10,17-18,25,32H,11-16H2,1-2H3. The Morgan fingerprint density at radius 1 is 1.11 bits per heavy atom. The molecule has 1 atom stereocenters. The van der Waals surface area contributed by atoms with E-state index in [1.54, 1.807) is 17.0 Å². The number of rotatable bonds is 7. The van der Waals surface area contributed by atoms with Gasteiger partial charge in [0.25, 0.3) is 0 Å². The smallest absolute Gasteiger partial charge is 0.240 e. The lowest BCUT2D eigenvalue weighted by atomic mass is 9.93. The van der Waals surface area contributed by atoms with Gasteiger partial charge in [0, 0.05) is 11.0 Å². The van der Waals surface area contributed by atoms with E-state index in [0.29, 0.717) is 37.8 Å². The number of Topliss-reactive ketones (excluding diaryl/α,β-unsaturated/α-hetero) is 1. The molecule has 1 N–H and O–H groups in total. The minimum Gasteiger partial charge on any atom is -0.868 e. The van der Waals surface area contributed by atoms with Crippen molar-refractivity contribution < 1.29 is 28.7 Å². The Labute approximate surface area is 204 Å². The molecular weight excluding hydrogens is 444 g/mol. The normalized spacial score (nSPS) is 19.3. The van der Waals surface area contributed by atoms with Gasteiger partial charge in [-0.25, -0.2) is 0 Å². The minimum absolute atomic E-state index is 0.0386. The Balaban J connectivity index is 1.50. The predicted octanol–water partition coefficient (Wildman–Crippen LogP) is 1.85. The maximum atomic E-state index is 13.6. The monoisotopic (exact) mass is 474 g/mol. The van der Waals surface area contributed by atoms with Gasteiger partial charge < -0.3 is 24.1 Å². The zero-order valence-corrected chi connectivity index (χ0v) is 20.1. The van der Waals surface area contributed by atoms with Gasteiger partial charge in [0.1, 0.15) is 18.7 Å². The first-order chi connectivity index (χ1) is 16.9. The molecule has 1 unspecified atom stereocenters. The van der Waals surface area contributed by atoms with E-state index < -0.39 is 23.5 Å². The summed E-state index contributed by atoms with van der Waals surface area (Å²) < 4.78 is 11.2. The van der Waals surface area contributed by atoms with Gasteiger partial charge in [-0.2, -0.15) is 0 Å². The van der Waals surface area contributed by atoms with E-state index in [1.165, 1.54) is 4.90 Å². The van der Waals surface area contributed by atoms with Crippen molar-refractivity contribution in [1.82, 2.24) is 4.90 Å². The molecule has 1 aromatic heterocycles. The van der Waals surface area contributed by atoms with E-state index in [0.717, 1.165) is 29.6 Å². The summed E-state index contributed by atoms with van der Waals surface area (Å²) in [6.07, 6.45) is 0. The predicted molar refractivity (Wildman–Crippen MR) is 129 cm³/mol. The Morgan fingerprint density at radius 2 is 1.83 bits per heavy atom. The molecule has 0 saturated carbocycles. The maximum Gasteiger partial charge on any atom is 0.240 e. The summed E-state index contributed by atoms with van der Waals surface area (Å²) in [7, 11) is 0. The molecule has 3 aromatic rings. The number of ketones is 1. The third kappa shape index (κ3) is 4.49. The van der Waals surface area contributed by atoms with E-state index in [-0.39, 0.29) is 11.3 Å². The Hall–Kier alpha value is -3.42. The number of amides is 1. The lowest BCUT2D eigenvalue weighted by Crippen LogP contribution is -3.14. The molecule has 0 bridgehead atoms. The Bertz CT molecular complexity index is 1230. The molecule has 2 aliphatic rings. The molecule has 3 heterocycles. The Kier molecular flexibility index (Phi) is 6.45. The number of fused-ring (bicyclic) bond motifs is 1. The molecule has 2 aliphatic heterocycles. The van der Waals surface area contributed by atoms with Crippen LogP contribution in [0.1, 0.15) is 47.5 Å². The topological polar surface area (TPSA) is 87.2 Å². The molecular formula is C28H30N2O5. The summed E-state index contributed by atoms with van der Waals surface area (Å²) in [5.74, 6) is -1.48. The molecule has 2 aromatic carbocycles. The van der Waals surface area contributed by atoms with Gasteiger partial charge in [-0.3, -0.25) is 9.59 Å². The van der Waals surface area contributed by atoms with Gasteiger partial charge in [0.05, 0.1) is 32.3 Å². The van der Waals surface area contributed by atoms with Crippen LogP contribution in [0.5, 0.6) is 0 Å². The zero-order chi connectivity index (χ0) is 24.5. The SMILES string of the molecule is CC(C)c1ccc(C2C(C(=O)c3cc4ccccc4o3)=C([O-])C(=O)N2CC[NH+]2CCOCC2)cc1. The van der Waals surface area contributed by atoms with Crippen molar-refractivity contribution in [2.75, 3.05) is 39.4 Å². The first-order valence-corrected chi connectivity index (χ1v) is 12.2. The van der Waals surface area contributed by atoms with Crippen LogP contribution in [-0.4, -0.2) is 56.0 Å². The van der Waals surface area contributed by atoms with Crippen molar-refractivity contribution in [1.29, 1.82) is 0 Å². The number of morpholine rings is 1. The average Bonchev–Trinajstić information content (AvgIpc) is 3.42. The number of furan rings is 1. The first-order valence-electron chi connectivity index (χ1n) is 12.2. The van der Waals surface area contributed by atoms with Gasteiger partial charge in [0.2, 0.25) is 11.7 Å². The summed E-state index contributed by atoms with van der Waals surface area (Å²) in [6.45, 7) is 8.38. The number of hydrogen-bond donors (Lipinski definition) is 1. The number of benzene rings is 2. The fourth-order valence-electron chi connectivity index (χ4n) is 4.93. The molecule has 1 fully saturated rings. The van der Waals surface area contributed by atoms with Crippen molar-refractivity contribution in [3.05, 3.63) is 82.8 Å². The van der Waals surface area contributed by atoms with E-state index in [1.807, 2.05) is 42.5 Å². The van der Waals surface area contributed by atoms with Gasteiger partial charge in [0.15, 0.2) is 5.76 Å². The highest BCUT2D eigenvalue weighted by Gasteiger charge is 2.40. The van der Waals surface area contributed by atoms with Crippen molar-refractivity contribution in [2.24, 2.45) is 0 Å². The van der Waals surface area contributed by atoms with Crippen LogP contribution in [0.4, 0.5) is 0 Å². The molecule has 7 nitrogen and oxygen atoms in total.